The van der Waals surface area contributed by atoms with E-state index in [0.717, 1.165) is 31.5 Å². The molecule has 0 bridgehead atoms. The summed E-state index contributed by atoms with van der Waals surface area (Å²) in [7, 11) is 1.88. The standard InChI is InChI=1S/C17H22N4O/c1-20-12-15(11-19-20)10-18-17(22)16-8-5-9-21(16)13-14-6-3-2-4-7-14/h2-4,6-7,11-12,16H,5,8-10,13H2,1H3,(H,18,22)/t16-/m0/s1. The van der Waals surface area contributed by atoms with E-state index in [-0.39, 0.29) is 11.9 Å². The summed E-state index contributed by atoms with van der Waals surface area (Å²) in [6.45, 7) is 2.37. The number of benzene rings is 1. The van der Waals surface area contributed by atoms with Gasteiger partial charge in [-0.25, -0.2) is 0 Å². The van der Waals surface area contributed by atoms with E-state index in [0.29, 0.717) is 6.54 Å². The molecule has 5 heteroatoms. The molecule has 0 aliphatic carbocycles. The normalized spacial score (nSPS) is 18.5. The van der Waals surface area contributed by atoms with Crippen molar-refractivity contribution in [3.05, 3.63) is 53.9 Å². The highest BCUT2D eigenvalue weighted by Crippen LogP contribution is 2.20. The van der Waals surface area contributed by atoms with Gasteiger partial charge in [0.25, 0.3) is 0 Å². The van der Waals surface area contributed by atoms with Gasteiger partial charge in [0.1, 0.15) is 0 Å². The Morgan fingerprint density at radius 2 is 2.14 bits per heavy atom. The van der Waals surface area contributed by atoms with E-state index in [1.165, 1.54) is 5.56 Å². The molecule has 1 aliphatic heterocycles. The molecule has 0 radical (unpaired) electrons. The molecule has 1 aliphatic rings. The number of nitrogens with zero attached hydrogens (tertiary/aromatic N) is 3. The van der Waals surface area contributed by atoms with Gasteiger partial charge in [0.2, 0.25) is 5.91 Å². The topological polar surface area (TPSA) is 50.2 Å². The van der Waals surface area contributed by atoms with Gasteiger partial charge in [0, 0.05) is 31.9 Å². The smallest absolute Gasteiger partial charge is 0.237 e. The van der Waals surface area contributed by atoms with Crippen LogP contribution < -0.4 is 5.32 Å². The third kappa shape index (κ3) is 3.54. The zero-order chi connectivity index (χ0) is 15.4. The Morgan fingerprint density at radius 1 is 1.32 bits per heavy atom. The zero-order valence-corrected chi connectivity index (χ0v) is 12.9. The number of carbonyl (C=O) groups excluding carboxylic acids is 1. The Hall–Kier alpha value is -2.14. The number of nitrogens with one attached hydrogen (secondary N) is 1. The number of rotatable bonds is 5. The van der Waals surface area contributed by atoms with E-state index in [4.69, 9.17) is 0 Å². The molecule has 0 spiro atoms. The molecule has 0 unspecified atom stereocenters. The van der Waals surface area contributed by atoms with E-state index in [1.54, 1.807) is 10.9 Å². The number of aromatic nitrogens is 2. The molecule has 1 aromatic carbocycles. The summed E-state index contributed by atoms with van der Waals surface area (Å²) in [4.78, 5) is 14.7. The summed E-state index contributed by atoms with van der Waals surface area (Å²) in [5.74, 6) is 0.122. The molecule has 5 nitrogen and oxygen atoms in total. The van der Waals surface area contributed by atoms with E-state index in [1.807, 2.05) is 31.4 Å². The van der Waals surface area contributed by atoms with Crippen LogP contribution in [0.3, 0.4) is 0 Å². The maximum absolute atomic E-state index is 12.4. The first kappa shape index (κ1) is 14.8. The molecular formula is C17H22N4O. The van der Waals surface area contributed by atoms with Crippen molar-refractivity contribution in [3.8, 4) is 0 Å². The van der Waals surface area contributed by atoms with Crippen LogP contribution in [0.25, 0.3) is 0 Å². The second kappa shape index (κ2) is 6.75. The molecule has 1 fully saturated rings. The highest BCUT2D eigenvalue weighted by molar-refractivity contribution is 5.82. The number of amides is 1. The van der Waals surface area contributed by atoms with Crippen molar-refractivity contribution >= 4 is 5.91 Å². The molecule has 1 amide bonds. The van der Waals surface area contributed by atoms with Crippen molar-refractivity contribution < 1.29 is 4.79 Å². The van der Waals surface area contributed by atoms with E-state index in [2.05, 4.69) is 27.4 Å². The molecule has 2 heterocycles. The lowest BCUT2D eigenvalue weighted by Crippen LogP contribution is -2.42. The summed E-state index contributed by atoms with van der Waals surface area (Å²) in [6, 6.07) is 10.3. The second-order valence-corrected chi connectivity index (χ2v) is 5.85. The van der Waals surface area contributed by atoms with Gasteiger partial charge in [-0.1, -0.05) is 30.3 Å². The highest BCUT2D eigenvalue weighted by atomic mass is 16.2. The van der Waals surface area contributed by atoms with Gasteiger partial charge in [-0.15, -0.1) is 0 Å². The molecule has 3 rings (SSSR count). The number of likely N-dealkylation sites (tertiary alicyclic amines) is 1. The maximum atomic E-state index is 12.4. The van der Waals surface area contributed by atoms with Crippen LogP contribution in [0.1, 0.15) is 24.0 Å². The first-order valence-corrected chi connectivity index (χ1v) is 7.75. The minimum Gasteiger partial charge on any atom is -0.351 e. The van der Waals surface area contributed by atoms with E-state index in [9.17, 15) is 4.79 Å². The summed E-state index contributed by atoms with van der Waals surface area (Å²) in [6.07, 6.45) is 5.73. The van der Waals surface area contributed by atoms with Gasteiger partial charge in [0.05, 0.1) is 12.2 Å². The Balaban J connectivity index is 1.56. The molecule has 1 aromatic heterocycles. The number of hydrogen-bond donors (Lipinski definition) is 1. The fourth-order valence-corrected chi connectivity index (χ4v) is 3.00. The Bertz CT molecular complexity index is 623. The van der Waals surface area contributed by atoms with Gasteiger partial charge in [-0.2, -0.15) is 5.10 Å². The monoisotopic (exact) mass is 298 g/mol. The summed E-state index contributed by atoms with van der Waals surface area (Å²) < 4.78 is 1.75. The van der Waals surface area contributed by atoms with Gasteiger partial charge < -0.3 is 5.32 Å². The lowest BCUT2D eigenvalue weighted by atomic mass is 10.1. The highest BCUT2D eigenvalue weighted by Gasteiger charge is 2.30. The lowest BCUT2D eigenvalue weighted by molar-refractivity contribution is -0.125. The van der Waals surface area contributed by atoms with Gasteiger partial charge in [-0.3, -0.25) is 14.4 Å². The third-order valence-corrected chi connectivity index (χ3v) is 4.12. The van der Waals surface area contributed by atoms with E-state index < -0.39 is 0 Å². The third-order valence-electron chi connectivity index (χ3n) is 4.12. The average molecular weight is 298 g/mol. The fourth-order valence-electron chi connectivity index (χ4n) is 3.00. The maximum Gasteiger partial charge on any atom is 0.237 e. The van der Waals surface area contributed by atoms with Crippen LogP contribution in [0, 0.1) is 0 Å². The van der Waals surface area contributed by atoms with Crippen molar-refractivity contribution in [1.29, 1.82) is 0 Å². The van der Waals surface area contributed by atoms with Gasteiger partial charge >= 0.3 is 0 Å². The molecule has 116 valence electrons. The van der Waals surface area contributed by atoms with Crippen molar-refractivity contribution in [3.63, 3.8) is 0 Å². The SMILES string of the molecule is Cn1cc(CNC(=O)[C@@H]2CCCN2Cc2ccccc2)cn1. The lowest BCUT2D eigenvalue weighted by Gasteiger charge is -2.23. The molecule has 0 saturated carbocycles. The number of carbonyl (C=O) groups is 1. The average Bonchev–Trinajstić information content (AvgIpc) is 3.15. The molecule has 1 saturated heterocycles. The minimum absolute atomic E-state index is 0.0168. The van der Waals surface area contributed by atoms with Crippen molar-refractivity contribution in [2.75, 3.05) is 6.54 Å². The van der Waals surface area contributed by atoms with Crippen LogP contribution in [0.15, 0.2) is 42.7 Å². The largest absolute Gasteiger partial charge is 0.351 e. The first-order chi connectivity index (χ1) is 10.7. The van der Waals surface area contributed by atoms with Crippen LogP contribution in [0.2, 0.25) is 0 Å². The Kier molecular flexibility index (Phi) is 4.53. The minimum atomic E-state index is -0.0168. The van der Waals surface area contributed by atoms with Crippen LogP contribution in [-0.4, -0.2) is 33.2 Å². The summed E-state index contributed by atoms with van der Waals surface area (Å²) in [5, 5.41) is 7.15. The fraction of sp³-hybridized carbons (Fsp3) is 0.412. The molecule has 1 N–H and O–H groups in total. The Labute approximate surface area is 130 Å². The van der Waals surface area contributed by atoms with Crippen molar-refractivity contribution in [1.82, 2.24) is 20.0 Å². The molecule has 1 atom stereocenters. The van der Waals surface area contributed by atoms with Crippen LogP contribution >= 0.6 is 0 Å². The first-order valence-electron chi connectivity index (χ1n) is 7.75. The van der Waals surface area contributed by atoms with Crippen LogP contribution in [-0.2, 0) is 24.9 Å². The van der Waals surface area contributed by atoms with Gasteiger partial charge in [-0.05, 0) is 24.9 Å². The van der Waals surface area contributed by atoms with Crippen molar-refractivity contribution in [2.24, 2.45) is 7.05 Å². The summed E-state index contributed by atoms with van der Waals surface area (Å²) in [5.41, 5.74) is 2.29. The predicted molar refractivity (Wildman–Crippen MR) is 84.9 cm³/mol. The predicted octanol–water partition coefficient (Wildman–Crippen LogP) is 1.70. The van der Waals surface area contributed by atoms with Crippen molar-refractivity contribution in [2.45, 2.75) is 32.0 Å². The quantitative estimate of drug-likeness (QED) is 0.914. The molecular weight excluding hydrogens is 276 g/mol. The number of aryl methyl sites for hydroxylation is 1. The van der Waals surface area contributed by atoms with Crippen LogP contribution in [0.4, 0.5) is 0 Å². The number of hydrogen-bond acceptors (Lipinski definition) is 3. The molecule has 22 heavy (non-hydrogen) atoms. The Morgan fingerprint density at radius 3 is 2.86 bits per heavy atom. The zero-order valence-electron chi connectivity index (χ0n) is 12.9. The van der Waals surface area contributed by atoms with Crippen LogP contribution in [0.5, 0.6) is 0 Å². The van der Waals surface area contributed by atoms with Gasteiger partial charge in [0.15, 0.2) is 0 Å². The summed E-state index contributed by atoms with van der Waals surface area (Å²) >= 11 is 0. The van der Waals surface area contributed by atoms with E-state index >= 15 is 0 Å². The second-order valence-electron chi connectivity index (χ2n) is 5.85. The molecule has 2 aromatic rings.